The highest BCUT2D eigenvalue weighted by Crippen LogP contribution is 2.62. The van der Waals surface area contributed by atoms with Crippen molar-refractivity contribution in [3.05, 3.63) is 11.4 Å². The van der Waals surface area contributed by atoms with E-state index in [1.165, 1.54) is 0 Å². The van der Waals surface area contributed by atoms with Crippen LogP contribution < -0.4 is 5.32 Å². The average molecular weight is 561 g/mol. The summed E-state index contributed by atoms with van der Waals surface area (Å²) in [6, 6.07) is -2.58. The van der Waals surface area contributed by atoms with Crippen LogP contribution in [0.4, 0.5) is 70.7 Å². The van der Waals surface area contributed by atoms with Gasteiger partial charge in [0.25, 0.3) is 5.91 Å². The van der Waals surface area contributed by atoms with Crippen molar-refractivity contribution in [2.45, 2.75) is 54.2 Å². The van der Waals surface area contributed by atoms with Gasteiger partial charge in [0.1, 0.15) is 5.70 Å². The molecule has 36 heavy (non-hydrogen) atoms. The summed E-state index contributed by atoms with van der Waals surface area (Å²) in [5, 5.41) is 1.59. The number of hydrogen-bond donors (Lipinski definition) is 1. The molecule has 1 atom stereocenters. The average Bonchev–Trinajstić information content (AvgIpc) is 3.38. The van der Waals surface area contributed by atoms with Crippen LogP contribution in [0.3, 0.4) is 0 Å². The van der Waals surface area contributed by atoms with E-state index in [9.17, 15) is 80.2 Å². The van der Waals surface area contributed by atoms with Crippen molar-refractivity contribution in [2.75, 3.05) is 6.54 Å². The van der Waals surface area contributed by atoms with Crippen LogP contribution in [-0.2, 0) is 9.59 Å². The molecule has 2 fully saturated rings. The van der Waals surface area contributed by atoms with Gasteiger partial charge in [-0.2, -0.15) is 65.9 Å². The minimum absolute atomic E-state index is 0.528. The zero-order chi connectivity index (χ0) is 28.2. The summed E-state index contributed by atoms with van der Waals surface area (Å²) >= 11 is 0. The summed E-state index contributed by atoms with van der Waals surface area (Å²) in [5.74, 6) is -53.5. The van der Waals surface area contributed by atoms with E-state index >= 15 is 0 Å². The van der Waals surface area contributed by atoms with Crippen LogP contribution in [0.1, 0.15) is 6.42 Å². The van der Waals surface area contributed by atoms with Gasteiger partial charge in [0, 0.05) is 13.0 Å². The molecule has 0 aromatic rings. The molecule has 1 N–H and O–H groups in total. The molecule has 0 saturated carbocycles. The molecule has 21 heteroatoms. The molecule has 3 aliphatic rings. The molecule has 6 nitrogen and oxygen atoms in total. The first kappa shape index (κ1) is 27.7. The van der Waals surface area contributed by atoms with Crippen molar-refractivity contribution in [3.63, 3.8) is 0 Å². The number of urea groups is 1. The van der Waals surface area contributed by atoms with E-state index in [1.54, 1.807) is 5.32 Å². The van der Waals surface area contributed by atoms with Crippen LogP contribution in [0.2, 0.25) is 0 Å². The number of halogens is 15. The maximum absolute atomic E-state index is 14.2. The fraction of sp³-hybridized carbons (Fsp3) is 0.667. The van der Waals surface area contributed by atoms with Crippen molar-refractivity contribution in [1.82, 2.24) is 15.1 Å². The standard InChI is InChI=1S/C15H6F15N3O3/c16-9(17,7(35)32-2-3-1-4(32)5-6(34)31-8(36)33(3)5)10(18,19)11(20,21)12(22,23)13(24,25)14(26,27)15(28,29)30/h3H,1-2H2,(H,31,34,36). The van der Waals surface area contributed by atoms with Gasteiger partial charge in [-0.3, -0.25) is 19.8 Å². The van der Waals surface area contributed by atoms with E-state index in [-0.39, 0.29) is 0 Å². The van der Waals surface area contributed by atoms with Gasteiger partial charge in [-0.1, -0.05) is 0 Å². The molecule has 3 rings (SSSR count). The molecular weight excluding hydrogens is 555 g/mol. The van der Waals surface area contributed by atoms with Crippen molar-refractivity contribution in [2.24, 2.45) is 0 Å². The van der Waals surface area contributed by atoms with Crippen molar-refractivity contribution < 1.29 is 80.2 Å². The lowest BCUT2D eigenvalue weighted by Gasteiger charge is -2.41. The Hall–Kier alpha value is -2.90. The maximum atomic E-state index is 14.2. The van der Waals surface area contributed by atoms with Gasteiger partial charge in [-0.25, -0.2) is 4.79 Å². The zero-order valence-corrected chi connectivity index (χ0v) is 16.3. The molecule has 0 aliphatic carbocycles. The molecule has 0 radical (unpaired) electrons. The van der Waals surface area contributed by atoms with Crippen LogP contribution >= 0.6 is 0 Å². The number of nitrogens with one attached hydrogen (secondary N) is 1. The highest BCUT2D eigenvalue weighted by Gasteiger charge is 2.94. The Balaban J connectivity index is 2.03. The molecule has 0 aromatic carbocycles. The number of imide groups is 1. The number of amides is 4. The number of carbonyl (C=O) groups excluding carboxylic acids is 3. The van der Waals surface area contributed by atoms with Gasteiger partial charge >= 0.3 is 53.6 Å². The van der Waals surface area contributed by atoms with E-state index in [1.807, 2.05) is 0 Å². The minimum Gasteiger partial charge on any atom is -0.306 e. The highest BCUT2D eigenvalue weighted by atomic mass is 19.4. The fourth-order valence-corrected chi connectivity index (χ4v) is 3.64. The second kappa shape index (κ2) is 7.11. The Morgan fingerprint density at radius 3 is 1.64 bits per heavy atom. The third-order valence-corrected chi connectivity index (χ3v) is 5.52. The second-order valence-electron chi connectivity index (χ2n) is 7.64. The van der Waals surface area contributed by atoms with Gasteiger partial charge in [0.15, 0.2) is 0 Å². The highest BCUT2D eigenvalue weighted by molar-refractivity contribution is 6.13. The third kappa shape index (κ3) is 2.99. The predicted molar refractivity (Wildman–Crippen MR) is 78.3 cm³/mol. The SMILES string of the molecule is O=C1NC(=O)N2C1=C1CC2CN1C(=O)C(F)(F)C(F)(F)C(F)(F)C(F)(F)C(F)(F)C(F)(F)C(F)(F)F. The molecule has 3 aliphatic heterocycles. The largest absolute Gasteiger partial charge is 0.460 e. The van der Waals surface area contributed by atoms with Crippen LogP contribution in [-0.4, -0.2) is 81.9 Å². The molecule has 4 amide bonds. The fourth-order valence-electron chi connectivity index (χ4n) is 3.64. The van der Waals surface area contributed by atoms with E-state index in [2.05, 4.69) is 0 Å². The molecule has 0 aromatic heterocycles. The normalized spacial score (nSPS) is 22.0. The zero-order valence-electron chi connectivity index (χ0n) is 16.3. The molecular formula is C15H6F15N3O3. The quantitative estimate of drug-likeness (QED) is 0.397. The van der Waals surface area contributed by atoms with Crippen molar-refractivity contribution in [3.8, 4) is 0 Å². The van der Waals surface area contributed by atoms with Gasteiger partial charge < -0.3 is 4.90 Å². The van der Waals surface area contributed by atoms with Crippen molar-refractivity contribution >= 4 is 17.8 Å². The van der Waals surface area contributed by atoms with Gasteiger partial charge in [-0.15, -0.1) is 0 Å². The summed E-state index contributed by atoms with van der Waals surface area (Å²) in [7, 11) is 0. The molecule has 2 saturated heterocycles. The summed E-state index contributed by atoms with van der Waals surface area (Å²) in [6.45, 7) is -1.21. The monoisotopic (exact) mass is 561 g/mol. The number of carbonyl (C=O) groups is 3. The third-order valence-electron chi connectivity index (χ3n) is 5.52. The maximum Gasteiger partial charge on any atom is 0.460 e. The number of rotatable bonds is 6. The van der Waals surface area contributed by atoms with E-state index in [4.69, 9.17) is 0 Å². The predicted octanol–water partition coefficient (Wildman–Crippen LogP) is 3.74. The lowest BCUT2D eigenvalue weighted by molar-refractivity contribution is -0.449. The number of fused-ring (bicyclic) bond motifs is 4. The van der Waals surface area contributed by atoms with Crippen LogP contribution in [0.25, 0.3) is 0 Å². The van der Waals surface area contributed by atoms with Gasteiger partial charge in [0.2, 0.25) is 0 Å². The number of likely N-dealkylation sites (tertiary alicyclic amines) is 1. The Morgan fingerprint density at radius 2 is 1.17 bits per heavy atom. The molecule has 0 spiro atoms. The Labute approximate surface area is 186 Å². The molecule has 1 unspecified atom stereocenters. The van der Waals surface area contributed by atoms with E-state index in [0.717, 1.165) is 0 Å². The van der Waals surface area contributed by atoms with Crippen LogP contribution in [0.15, 0.2) is 11.4 Å². The molecule has 3 heterocycles. The molecule has 2 bridgehead atoms. The Kier molecular flexibility index (Phi) is 5.46. The van der Waals surface area contributed by atoms with Crippen LogP contribution in [0.5, 0.6) is 0 Å². The molecule has 204 valence electrons. The van der Waals surface area contributed by atoms with E-state index < -0.39 is 94.9 Å². The van der Waals surface area contributed by atoms with Gasteiger partial charge in [0.05, 0.1) is 11.7 Å². The first-order valence-electron chi connectivity index (χ1n) is 8.84. The lowest BCUT2D eigenvalue weighted by atomic mass is 9.90. The van der Waals surface area contributed by atoms with Gasteiger partial charge in [-0.05, 0) is 0 Å². The first-order chi connectivity index (χ1) is 15.8. The Morgan fingerprint density at radius 1 is 0.722 bits per heavy atom. The van der Waals surface area contributed by atoms with Crippen molar-refractivity contribution in [1.29, 1.82) is 0 Å². The Bertz CT molecular complexity index is 1060. The lowest BCUT2D eigenvalue weighted by Crippen LogP contribution is -2.74. The topological polar surface area (TPSA) is 69.7 Å². The minimum atomic E-state index is -8.52. The smallest absolute Gasteiger partial charge is 0.306 e. The van der Waals surface area contributed by atoms with E-state index in [0.29, 0.717) is 4.90 Å². The summed E-state index contributed by atoms with van der Waals surface area (Å²) in [5.41, 5.74) is -1.86. The summed E-state index contributed by atoms with van der Waals surface area (Å²) in [6.07, 6.45) is -8.43. The number of nitrogens with zero attached hydrogens (tertiary/aromatic N) is 2. The van der Waals surface area contributed by atoms with Crippen LogP contribution in [0, 0.1) is 0 Å². The number of hydrogen-bond acceptors (Lipinski definition) is 3. The summed E-state index contributed by atoms with van der Waals surface area (Å²) in [4.78, 5) is 35.3. The number of alkyl halides is 15. The first-order valence-corrected chi connectivity index (χ1v) is 8.84. The second-order valence-corrected chi connectivity index (χ2v) is 7.64. The summed E-state index contributed by atoms with van der Waals surface area (Å²) < 4.78 is 200.